The number of aliphatic hydroxyl groups is 1. The molecule has 0 aliphatic rings. The Hall–Kier alpha value is -0.570. The molecule has 1 N–H and O–H groups in total. The van der Waals surface area contributed by atoms with Crippen LogP contribution in [0.5, 0.6) is 0 Å². The average Bonchev–Trinajstić information content (AvgIpc) is 2.18. The van der Waals surface area contributed by atoms with Gasteiger partial charge in [0.1, 0.15) is 6.10 Å². The molecule has 0 aliphatic heterocycles. The molecule has 0 bridgehead atoms. The summed E-state index contributed by atoms with van der Waals surface area (Å²) >= 11 is 0. The number of ether oxygens (including phenoxy) is 1. The Morgan fingerprint density at radius 1 is 1.13 bits per heavy atom. The molecule has 0 aromatic carbocycles. The van der Waals surface area contributed by atoms with Crippen molar-refractivity contribution in [2.75, 3.05) is 0 Å². The third-order valence-corrected chi connectivity index (χ3v) is 2.32. The number of hydrogen-bond acceptors (Lipinski definition) is 3. The lowest BCUT2D eigenvalue weighted by atomic mass is 10.0. The Labute approximate surface area is 92.8 Å². The largest absolute Gasteiger partial charge is 0.460 e. The van der Waals surface area contributed by atoms with Gasteiger partial charge < -0.3 is 9.84 Å². The first-order valence-corrected chi connectivity index (χ1v) is 6.03. The fourth-order valence-corrected chi connectivity index (χ4v) is 1.53. The second kappa shape index (κ2) is 8.72. The molecule has 3 nitrogen and oxygen atoms in total. The van der Waals surface area contributed by atoms with Crippen LogP contribution in [0.1, 0.15) is 59.3 Å². The third kappa shape index (κ3) is 6.50. The zero-order chi connectivity index (χ0) is 11.7. The van der Waals surface area contributed by atoms with Gasteiger partial charge in [-0.3, -0.25) is 4.79 Å². The van der Waals surface area contributed by atoms with Crippen molar-refractivity contribution in [2.24, 2.45) is 0 Å². The molecule has 3 heteroatoms. The van der Waals surface area contributed by atoms with E-state index in [9.17, 15) is 9.90 Å². The average molecular weight is 216 g/mol. The first-order valence-electron chi connectivity index (χ1n) is 6.03. The molecule has 0 heterocycles. The van der Waals surface area contributed by atoms with Crippen molar-refractivity contribution in [3.63, 3.8) is 0 Å². The second-order valence-corrected chi connectivity index (χ2v) is 3.92. The molecule has 0 rings (SSSR count). The van der Waals surface area contributed by atoms with E-state index in [2.05, 4.69) is 0 Å². The van der Waals surface area contributed by atoms with E-state index in [1.807, 2.05) is 20.8 Å². The first kappa shape index (κ1) is 14.4. The predicted octanol–water partition coefficient (Wildman–Crippen LogP) is 2.66. The van der Waals surface area contributed by atoms with Gasteiger partial charge in [0.15, 0.2) is 0 Å². The molecule has 0 aliphatic carbocycles. The maximum atomic E-state index is 11.3. The van der Waals surface area contributed by atoms with Gasteiger partial charge in [0.25, 0.3) is 0 Å². The summed E-state index contributed by atoms with van der Waals surface area (Å²) in [6.07, 6.45) is 3.70. The van der Waals surface area contributed by atoms with Crippen molar-refractivity contribution in [3.05, 3.63) is 0 Å². The summed E-state index contributed by atoms with van der Waals surface area (Å²) in [6, 6.07) is 0. The van der Waals surface area contributed by atoms with E-state index < -0.39 is 6.10 Å². The summed E-state index contributed by atoms with van der Waals surface area (Å²) in [7, 11) is 0. The molecule has 0 fully saturated rings. The lowest BCUT2D eigenvalue weighted by Gasteiger charge is -2.22. The van der Waals surface area contributed by atoms with E-state index in [1.165, 1.54) is 0 Å². The quantitative estimate of drug-likeness (QED) is 0.634. The van der Waals surface area contributed by atoms with Crippen LogP contribution in [0.3, 0.4) is 0 Å². The molecule has 0 amide bonds. The minimum atomic E-state index is -0.504. The van der Waals surface area contributed by atoms with Crippen molar-refractivity contribution < 1.29 is 14.6 Å². The molecule has 0 aromatic rings. The van der Waals surface area contributed by atoms with Crippen LogP contribution in [-0.2, 0) is 9.53 Å². The molecule has 0 aromatic heterocycles. The van der Waals surface area contributed by atoms with E-state index in [0.29, 0.717) is 12.8 Å². The Morgan fingerprint density at radius 2 is 1.73 bits per heavy atom. The van der Waals surface area contributed by atoms with Crippen molar-refractivity contribution in [1.29, 1.82) is 0 Å². The smallest absolute Gasteiger partial charge is 0.306 e. The summed E-state index contributed by atoms with van der Waals surface area (Å²) in [4.78, 5) is 11.3. The second-order valence-electron chi connectivity index (χ2n) is 3.92. The highest BCUT2D eigenvalue weighted by Crippen LogP contribution is 2.13. The van der Waals surface area contributed by atoms with Crippen LogP contribution in [0.15, 0.2) is 0 Å². The summed E-state index contributed by atoms with van der Waals surface area (Å²) in [6.45, 7) is 5.98. The first-order chi connectivity index (χ1) is 7.15. The highest BCUT2D eigenvalue weighted by atomic mass is 16.6. The van der Waals surface area contributed by atoms with Crippen LogP contribution in [-0.4, -0.2) is 23.3 Å². The molecule has 0 spiro atoms. The van der Waals surface area contributed by atoms with E-state index in [-0.39, 0.29) is 12.1 Å². The number of esters is 1. The molecular weight excluding hydrogens is 192 g/mol. The predicted molar refractivity (Wildman–Crippen MR) is 60.6 cm³/mol. The van der Waals surface area contributed by atoms with E-state index in [0.717, 1.165) is 25.7 Å². The van der Waals surface area contributed by atoms with Gasteiger partial charge in [0.2, 0.25) is 0 Å². The van der Waals surface area contributed by atoms with Crippen molar-refractivity contribution in [2.45, 2.75) is 71.5 Å². The molecule has 90 valence electrons. The highest BCUT2D eigenvalue weighted by molar-refractivity contribution is 5.69. The fraction of sp³-hybridized carbons (Fsp3) is 0.917. The maximum Gasteiger partial charge on any atom is 0.306 e. The number of rotatable bonds is 8. The lowest BCUT2D eigenvalue weighted by Crippen LogP contribution is -2.31. The van der Waals surface area contributed by atoms with Crippen LogP contribution in [0.4, 0.5) is 0 Å². The van der Waals surface area contributed by atoms with Crippen LogP contribution in [0.2, 0.25) is 0 Å². The number of aliphatic hydroxyl groups excluding tert-OH is 1. The van der Waals surface area contributed by atoms with E-state index in [1.54, 1.807) is 0 Å². The molecule has 2 atom stereocenters. The molecule has 2 unspecified atom stereocenters. The third-order valence-electron chi connectivity index (χ3n) is 2.32. The minimum absolute atomic E-state index is 0.189. The van der Waals surface area contributed by atoms with E-state index >= 15 is 0 Å². The Morgan fingerprint density at radius 3 is 2.20 bits per heavy atom. The minimum Gasteiger partial charge on any atom is -0.460 e. The van der Waals surface area contributed by atoms with Gasteiger partial charge in [-0.1, -0.05) is 33.6 Å². The SMILES string of the molecule is CCCC(=O)OC(CCC)C(O)CCC. The molecule has 0 radical (unpaired) electrons. The van der Waals surface area contributed by atoms with Crippen LogP contribution in [0.25, 0.3) is 0 Å². The van der Waals surface area contributed by atoms with E-state index in [4.69, 9.17) is 4.74 Å². The number of carbonyl (C=O) groups excluding carboxylic acids is 1. The topological polar surface area (TPSA) is 46.5 Å². The molecule has 0 saturated carbocycles. The highest BCUT2D eigenvalue weighted by Gasteiger charge is 2.21. The van der Waals surface area contributed by atoms with Crippen LogP contribution >= 0.6 is 0 Å². The van der Waals surface area contributed by atoms with Crippen molar-refractivity contribution in [3.8, 4) is 0 Å². The molecular formula is C12H24O3. The van der Waals surface area contributed by atoms with Crippen LogP contribution < -0.4 is 0 Å². The summed E-state index contributed by atoms with van der Waals surface area (Å²) in [5.41, 5.74) is 0. The van der Waals surface area contributed by atoms with Gasteiger partial charge in [-0.05, 0) is 19.3 Å². The lowest BCUT2D eigenvalue weighted by molar-refractivity contribution is -0.155. The number of hydrogen-bond donors (Lipinski definition) is 1. The van der Waals surface area contributed by atoms with Gasteiger partial charge in [-0.15, -0.1) is 0 Å². The van der Waals surface area contributed by atoms with Crippen molar-refractivity contribution >= 4 is 5.97 Å². The normalized spacial score (nSPS) is 14.7. The molecule has 0 saturated heterocycles. The Balaban J connectivity index is 4.07. The molecule has 15 heavy (non-hydrogen) atoms. The number of carbonyl (C=O) groups is 1. The summed E-state index contributed by atoms with van der Waals surface area (Å²) in [5.74, 6) is -0.189. The van der Waals surface area contributed by atoms with Gasteiger partial charge in [-0.25, -0.2) is 0 Å². The van der Waals surface area contributed by atoms with Gasteiger partial charge in [0.05, 0.1) is 6.10 Å². The fourth-order valence-electron chi connectivity index (χ4n) is 1.53. The standard InChI is InChI=1S/C12H24O3/c1-4-7-10(13)11(8-5-2)15-12(14)9-6-3/h10-11,13H,4-9H2,1-3H3. The van der Waals surface area contributed by atoms with Crippen LogP contribution in [0, 0.1) is 0 Å². The monoisotopic (exact) mass is 216 g/mol. The van der Waals surface area contributed by atoms with Crippen molar-refractivity contribution in [1.82, 2.24) is 0 Å². The van der Waals surface area contributed by atoms with Gasteiger partial charge in [-0.2, -0.15) is 0 Å². The maximum absolute atomic E-state index is 11.3. The summed E-state index contributed by atoms with van der Waals surface area (Å²) < 4.78 is 5.26. The van der Waals surface area contributed by atoms with Gasteiger partial charge in [0, 0.05) is 6.42 Å². The Bertz CT molecular complexity index is 168. The van der Waals surface area contributed by atoms with Gasteiger partial charge >= 0.3 is 5.97 Å². The Kier molecular flexibility index (Phi) is 8.38. The zero-order valence-corrected chi connectivity index (χ0v) is 10.2. The summed E-state index contributed by atoms with van der Waals surface area (Å²) in [5, 5.41) is 9.78. The zero-order valence-electron chi connectivity index (χ0n) is 10.2.